The van der Waals surface area contributed by atoms with Crippen molar-refractivity contribution in [1.82, 2.24) is 24.8 Å². The van der Waals surface area contributed by atoms with Gasteiger partial charge >= 0.3 is 0 Å². The number of rotatable bonds is 5. The number of hydrogen-bond acceptors (Lipinski definition) is 4. The van der Waals surface area contributed by atoms with Gasteiger partial charge in [0.25, 0.3) is 0 Å². The van der Waals surface area contributed by atoms with E-state index in [1.807, 2.05) is 37.4 Å². The first-order valence-corrected chi connectivity index (χ1v) is 10.1. The molecule has 0 bridgehead atoms. The van der Waals surface area contributed by atoms with Crippen LogP contribution in [0.3, 0.4) is 0 Å². The van der Waals surface area contributed by atoms with Crippen molar-refractivity contribution in [3.05, 3.63) is 77.0 Å². The van der Waals surface area contributed by atoms with E-state index in [9.17, 15) is 5.11 Å². The number of nitrogens with one attached hydrogen (secondary N) is 1. The molecule has 0 spiro atoms. The molecule has 0 aliphatic carbocycles. The summed E-state index contributed by atoms with van der Waals surface area (Å²) in [5.41, 5.74) is 5.43. The highest BCUT2D eigenvalue weighted by Gasteiger charge is 2.41. The highest BCUT2D eigenvalue weighted by Crippen LogP contribution is 2.41. The average molecular weight is 408 g/mol. The van der Waals surface area contributed by atoms with Gasteiger partial charge in [-0.1, -0.05) is 12.1 Å². The Hall–Kier alpha value is -2.77. The minimum atomic E-state index is -0.0878. The summed E-state index contributed by atoms with van der Waals surface area (Å²) in [5.74, 6) is 0.897. The van der Waals surface area contributed by atoms with Crippen molar-refractivity contribution in [2.75, 3.05) is 13.2 Å². The molecule has 1 aliphatic heterocycles. The molecule has 1 aliphatic rings. The molecule has 150 valence electrons. The molecule has 4 rings (SSSR count). The predicted octanol–water partition coefficient (Wildman–Crippen LogP) is 3.16. The standard InChI is InChI=1S/C22H25N5OS/c1-14-7-8-19(24-13-14)27-15(2)12-17(16(27)3)21-20(18-6-4-5-9-23-18)25-22(29)26(21)10-11-28/h4-9,12-13,20-21,28H,10-11H2,1-3H3,(H,25,29). The topological polar surface area (TPSA) is 66.2 Å². The zero-order chi connectivity index (χ0) is 20.5. The highest BCUT2D eigenvalue weighted by molar-refractivity contribution is 7.80. The summed E-state index contributed by atoms with van der Waals surface area (Å²) in [7, 11) is 0. The van der Waals surface area contributed by atoms with E-state index in [1.54, 1.807) is 6.20 Å². The van der Waals surface area contributed by atoms with Crippen molar-refractivity contribution in [1.29, 1.82) is 0 Å². The van der Waals surface area contributed by atoms with Gasteiger partial charge in [0, 0.05) is 30.3 Å². The van der Waals surface area contributed by atoms with Crippen molar-refractivity contribution in [3.8, 4) is 5.82 Å². The molecule has 3 aromatic rings. The van der Waals surface area contributed by atoms with Crippen LogP contribution in [0.15, 0.2) is 48.8 Å². The van der Waals surface area contributed by atoms with Crippen LogP contribution < -0.4 is 5.32 Å². The smallest absolute Gasteiger partial charge is 0.170 e. The van der Waals surface area contributed by atoms with E-state index in [4.69, 9.17) is 12.2 Å². The second-order valence-electron chi connectivity index (χ2n) is 7.40. The van der Waals surface area contributed by atoms with Crippen LogP contribution in [0.4, 0.5) is 0 Å². The molecule has 0 aromatic carbocycles. The van der Waals surface area contributed by atoms with Gasteiger partial charge in [0.1, 0.15) is 5.82 Å². The Labute approximate surface area is 176 Å². The highest BCUT2D eigenvalue weighted by atomic mass is 32.1. The number of thiocarbonyl (C=S) groups is 1. The van der Waals surface area contributed by atoms with Gasteiger partial charge in [0.2, 0.25) is 0 Å². The zero-order valence-corrected chi connectivity index (χ0v) is 17.6. The van der Waals surface area contributed by atoms with Crippen molar-refractivity contribution in [3.63, 3.8) is 0 Å². The van der Waals surface area contributed by atoms with E-state index in [2.05, 4.69) is 50.7 Å². The van der Waals surface area contributed by atoms with E-state index in [1.165, 1.54) is 0 Å². The Bertz CT molecular complexity index is 1020. The van der Waals surface area contributed by atoms with Gasteiger partial charge in [-0.2, -0.15) is 0 Å². The summed E-state index contributed by atoms with van der Waals surface area (Å²) in [6, 6.07) is 12.1. The Balaban J connectivity index is 1.82. The monoisotopic (exact) mass is 407 g/mol. The zero-order valence-electron chi connectivity index (χ0n) is 16.8. The maximum absolute atomic E-state index is 9.64. The summed E-state index contributed by atoms with van der Waals surface area (Å²) in [5, 5.41) is 13.7. The van der Waals surface area contributed by atoms with Crippen molar-refractivity contribution < 1.29 is 5.11 Å². The second kappa shape index (κ2) is 7.93. The fourth-order valence-corrected chi connectivity index (χ4v) is 4.46. The quantitative estimate of drug-likeness (QED) is 0.634. The van der Waals surface area contributed by atoms with Gasteiger partial charge in [-0.3, -0.25) is 4.98 Å². The number of aryl methyl sites for hydroxylation is 2. The lowest BCUT2D eigenvalue weighted by Crippen LogP contribution is -2.32. The van der Waals surface area contributed by atoms with Crippen LogP contribution in [0.25, 0.3) is 5.82 Å². The van der Waals surface area contributed by atoms with Crippen LogP contribution in [0.2, 0.25) is 0 Å². The number of β-amino-alcohol motifs (C(OH)–C–C–N with tert-alkyl or cyclic N) is 1. The molecule has 7 heteroatoms. The lowest BCUT2D eigenvalue weighted by Gasteiger charge is -2.27. The van der Waals surface area contributed by atoms with Crippen LogP contribution in [0.1, 0.15) is 40.3 Å². The van der Waals surface area contributed by atoms with E-state index in [0.717, 1.165) is 34.0 Å². The molecule has 1 saturated heterocycles. The van der Waals surface area contributed by atoms with Gasteiger partial charge in [0.15, 0.2) is 5.11 Å². The van der Waals surface area contributed by atoms with Crippen LogP contribution >= 0.6 is 12.2 Å². The fourth-order valence-electron chi connectivity index (χ4n) is 4.12. The average Bonchev–Trinajstić information content (AvgIpc) is 3.20. The first-order chi connectivity index (χ1) is 14.0. The first kappa shape index (κ1) is 19.5. The molecule has 1 fully saturated rings. The molecule has 3 aromatic heterocycles. The van der Waals surface area contributed by atoms with Gasteiger partial charge in [0.05, 0.1) is 24.4 Å². The van der Waals surface area contributed by atoms with Crippen molar-refractivity contribution in [2.45, 2.75) is 32.9 Å². The summed E-state index contributed by atoms with van der Waals surface area (Å²) < 4.78 is 2.17. The van der Waals surface area contributed by atoms with E-state index in [-0.39, 0.29) is 18.7 Å². The number of hydrogen-bond donors (Lipinski definition) is 2. The molecule has 29 heavy (non-hydrogen) atoms. The Morgan fingerprint density at radius 3 is 2.62 bits per heavy atom. The molecular weight excluding hydrogens is 382 g/mol. The Kier molecular flexibility index (Phi) is 5.34. The van der Waals surface area contributed by atoms with Gasteiger partial charge in [-0.05, 0) is 68.4 Å². The minimum Gasteiger partial charge on any atom is -0.395 e. The van der Waals surface area contributed by atoms with Gasteiger partial charge < -0.3 is 19.9 Å². The summed E-state index contributed by atoms with van der Waals surface area (Å²) in [6.45, 7) is 6.73. The molecule has 0 amide bonds. The lowest BCUT2D eigenvalue weighted by atomic mass is 9.97. The third-order valence-corrected chi connectivity index (χ3v) is 5.80. The van der Waals surface area contributed by atoms with Crippen molar-refractivity contribution in [2.24, 2.45) is 0 Å². The lowest BCUT2D eigenvalue weighted by molar-refractivity contribution is 0.223. The molecule has 0 saturated carbocycles. The predicted molar refractivity (Wildman–Crippen MR) is 117 cm³/mol. The molecule has 0 radical (unpaired) electrons. The van der Waals surface area contributed by atoms with Gasteiger partial charge in [-0.25, -0.2) is 4.98 Å². The maximum Gasteiger partial charge on any atom is 0.170 e. The summed E-state index contributed by atoms with van der Waals surface area (Å²) in [4.78, 5) is 11.2. The van der Waals surface area contributed by atoms with E-state index >= 15 is 0 Å². The first-order valence-electron chi connectivity index (χ1n) is 9.72. The van der Waals surface area contributed by atoms with Crippen molar-refractivity contribution >= 4 is 17.3 Å². The Morgan fingerprint density at radius 1 is 1.14 bits per heavy atom. The number of pyridine rings is 2. The summed E-state index contributed by atoms with van der Waals surface area (Å²) >= 11 is 5.61. The molecule has 2 atom stereocenters. The normalized spacial score (nSPS) is 18.9. The summed E-state index contributed by atoms with van der Waals surface area (Å²) in [6.07, 6.45) is 3.68. The maximum atomic E-state index is 9.64. The number of nitrogens with zero attached hydrogens (tertiary/aromatic N) is 4. The number of aliphatic hydroxyl groups is 1. The second-order valence-corrected chi connectivity index (χ2v) is 7.79. The third kappa shape index (κ3) is 3.52. The molecule has 2 N–H and O–H groups in total. The third-order valence-electron chi connectivity index (χ3n) is 5.45. The Morgan fingerprint density at radius 2 is 1.97 bits per heavy atom. The van der Waals surface area contributed by atoms with Crippen LogP contribution in [-0.4, -0.2) is 42.8 Å². The van der Waals surface area contributed by atoms with Crippen LogP contribution in [-0.2, 0) is 0 Å². The number of aliphatic hydroxyl groups excluding tert-OH is 1. The van der Waals surface area contributed by atoms with E-state index < -0.39 is 0 Å². The molecule has 6 nitrogen and oxygen atoms in total. The largest absolute Gasteiger partial charge is 0.395 e. The minimum absolute atomic E-state index is 0.0332. The van der Waals surface area contributed by atoms with E-state index in [0.29, 0.717) is 11.7 Å². The molecule has 2 unspecified atom stereocenters. The van der Waals surface area contributed by atoms with Crippen LogP contribution in [0.5, 0.6) is 0 Å². The molecule has 4 heterocycles. The fraction of sp³-hybridized carbons (Fsp3) is 0.318. The SMILES string of the molecule is Cc1ccc(-n2c(C)cc(C3C(c4ccccn4)NC(=S)N3CCO)c2C)nc1. The van der Waals surface area contributed by atoms with Crippen LogP contribution in [0, 0.1) is 20.8 Å². The molecular formula is C22H25N5OS. The van der Waals surface area contributed by atoms with Gasteiger partial charge in [-0.15, -0.1) is 0 Å². The number of aromatic nitrogens is 3.